The monoisotopic (exact) mass is 383 g/mol. The number of aromatic nitrogens is 4. The number of nitrogens with two attached hydrogens (primary N) is 1. The highest BCUT2D eigenvalue weighted by Crippen LogP contribution is 2.37. The summed E-state index contributed by atoms with van der Waals surface area (Å²) in [5.41, 5.74) is 7.01. The summed E-state index contributed by atoms with van der Waals surface area (Å²) in [5, 5.41) is 8.35. The Morgan fingerprint density at radius 2 is 2.08 bits per heavy atom. The third-order valence-electron chi connectivity index (χ3n) is 4.29. The second-order valence-corrected chi connectivity index (χ2v) is 6.33. The van der Waals surface area contributed by atoms with E-state index in [-0.39, 0.29) is 23.1 Å². The van der Waals surface area contributed by atoms with E-state index in [1.165, 1.54) is 10.7 Å². The number of alkyl halides is 3. The first-order valence-electron chi connectivity index (χ1n) is 7.89. The molecule has 1 aliphatic rings. The van der Waals surface area contributed by atoms with Crippen LogP contribution >= 0.6 is 11.6 Å². The standard InChI is InChI=1S/C16H13ClF3N5O/c17-10-5-4-8(16(18,19)20)6-12(10)25-11-3-1-2-9(11)14(23-25)15-22-13(7-21)24-26-15/h4-6H,1-3,7,21H2. The van der Waals surface area contributed by atoms with Crippen LogP contribution in [0.1, 0.15) is 29.1 Å². The van der Waals surface area contributed by atoms with Crippen molar-refractivity contribution < 1.29 is 17.7 Å². The minimum absolute atomic E-state index is 0.117. The van der Waals surface area contributed by atoms with Crippen LogP contribution in [0.15, 0.2) is 22.7 Å². The fraction of sp³-hybridized carbons (Fsp3) is 0.312. The van der Waals surface area contributed by atoms with Crippen molar-refractivity contribution in [2.75, 3.05) is 0 Å². The van der Waals surface area contributed by atoms with Crippen molar-refractivity contribution in [3.8, 4) is 17.3 Å². The first kappa shape index (κ1) is 17.0. The minimum Gasteiger partial charge on any atom is -0.332 e. The van der Waals surface area contributed by atoms with Crippen molar-refractivity contribution in [3.05, 3.63) is 45.9 Å². The fourth-order valence-corrected chi connectivity index (χ4v) is 3.29. The normalized spacial score (nSPS) is 14.0. The van der Waals surface area contributed by atoms with Gasteiger partial charge in [-0.1, -0.05) is 16.8 Å². The van der Waals surface area contributed by atoms with Crippen molar-refractivity contribution >= 4 is 11.6 Å². The molecule has 136 valence electrons. The van der Waals surface area contributed by atoms with E-state index in [2.05, 4.69) is 15.2 Å². The summed E-state index contributed by atoms with van der Waals surface area (Å²) in [6.07, 6.45) is -2.22. The van der Waals surface area contributed by atoms with Crippen LogP contribution in [0.3, 0.4) is 0 Å². The number of hydrogen-bond donors (Lipinski definition) is 1. The molecular weight excluding hydrogens is 371 g/mol. The molecule has 10 heteroatoms. The Morgan fingerprint density at radius 1 is 1.27 bits per heavy atom. The number of hydrogen-bond acceptors (Lipinski definition) is 5. The highest BCUT2D eigenvalue weighted by molar-refractivity contribution is 6.32. The molecule has 0 fully saturated rings. The molecule has 0 atom stereocenters. The molecule has 2 heterocycles. The minimum atomic E-state index is -4.47. The van der Waals surface area contributed by atoms with Gasteiger partial charge in [0.05, 0.1) is 22.8 Å². The summed E-state index contributed by atoms with van der Waals surface area (Å²) in [6, 6.07) is 3.17. The average molecular weight is 384 g/mol. The molecule has 6 nitrogen and oxygen atoms in total. The van der Waals surface area contributed by atoms with Gasteiger partial charge in [0.2, 0.25) is 0 Å². The van der Waals surface area contributed by atoms with Gasteiger partial charge in [-0.25, -0.2) is 4.68 Å². The summed E-state index contributed by atoms with van der Waals surface area (Å²) in [7, 11) is 0. The molecule has 0 amide bonds. The first-order valence-corrected chi connectivity index (χ1v) is 8.27. The number of fused-ring (bicyclic) bond motifs is 1. The molecule has 0 saturated carbocycles. The van der Waals surface area contributed by atoms with Crippen molar-refractivity contribution in [1.29, 1.82) is 0 Å². The summed E-state index contributed by atoms with van der Waals surface area (Å²) in [6.45, 7) is 0.117. The van der Waals surface area contributed by atoms with Crippen LogP contribution in [0.5, 0.6) is 0 Å². The van der Waals surface area contributed by atoms with Crippen molar-refractivity contribution in [3.63, 3.8) is 0 Å². The van der Waals surface area contributed by atoms with Crippen LogP contribution in [-0.2, 0) is 25.6 Å². The molecule has 0 bridgehead atoms. The lowest BCUT2D eigenvalue weighted by atomic mass is 10.2. The largest absolute Gasteiger partial charge is 0.416 e. The lowest BCUT2D eigenvalue weighted by molar-refractivity contribution is -0.137. The Labute approximate surface area is 150 Å². The molecule has 0 saturated heterocycles. The third-order valence-corrected chi connectivity index (χ3v) is 4.60. The van der Waals surface area contributed by atoms with Crippen LogP contribution < -0.4 is 5.73 Å². The molecule has 3 aromatic rings. The van der Waals surface area contributed by atoms with E-state index in [0.717, 1.165) is 36.2 Å². The summed E-state index contributed by atoms with van der Waals surface area (Å²) >= 11 is 6.17. The molecule has 4 rings (SSSR count). The van der Waals surface area contributed by atoms with Crippen molar-refractivity contribution in [2.45, 2.75) is 32.0 Å². The molecule has 2 N–H and O–H groups in total. The van der Waals surface area contributed by atoms with Gasteiger partial charge in [-0.3, -0.25) is 0 Å². The zero-order valence-corrected chi connectivity index (χ0v) is 14.1. The number of rotatable bonds is 3. The highest BCUT2D eigenvalue weighted by Gasteiger charge is 2.33. The zero-order valence-electron chi connectivity index (χ0n) is 13.3. The van der Waals surface area contributed by atoms with Crippen LogP contribution in [0.25, 0.3) is 17.3 Å². The molecule has 0 spiro atoms. The van der Waals surface area contributed by atoms with E-state index < -0.39 is 11.7 Å². The Balaban J connectivity index is 1.87. The van der Waals surface area contributed by atoms with Gasteiger partial charge in [0.1, 0.15) is 0 Å². The van der Waals surface area contributed by atoms with Crippen LogP contribution in [0.2, 0.25) is 5.02 Å². The predicted molar refractivity (Wildman–Crippen MR) is 86.8 cm³/mol. The maximum atomic E-state index is 13.1. The molecule has 26 heavy (non-hydrogen) atoms. The second-order valence-electron chi connectivity index (χ2n) is 5.92. The SMILES string of the molecule is NCc1noc(-c2nn(-c3cc(C(F)(F)F)ccc3Cl)c3c2CCC3)n1. The van der Waals surface area contributed by atoms with Crippen LogP contribution in [0.4, 0.5) is 13.2 Å². The van der Waals surface area contributed by atoms with E-state index in [0.29, 0.717) is 17.9 Å². The third kappa shape index (κ3) is 2.77. The Morgan fingerprint density at radius 3 is 2.77 bits per heavy atom. The van der Waals surface area contributed by atoms with Gasteiger partial charge in [0, 0.05) is 11.3 Å². The Bertz CT molecular complexity index is 979. The molecular formula is C16H13ClF3N5O. The van der Waals surface area contributed by atoms with E-state index >= 15 is 0 Å². The Kier molecular flexibility index (Phi) is 4.00. The molecule has 2 aromatic heterocycles. The van der Waals surface area contributed by atoms with Gasteiger partial charge >= 0.3 is 6.18 Å². The summed E-state index contributed by atoms with van der Waals surface area (Å²) in [5.74, 6) is 0.531. The maximum Gasteiger partial charge on any atom is 0.416 e. The van der Waals surface area contributed by atoms with Gasteiger partial charge in [-0.15, -0.1) is 0 Å². The number of benzene rings is 1. The van der Waals surface area contributed by atoms with Crippen LogP contribution in [-0.4, -0.2) is 19.9 Å². The van der Waals surface area contributed by atoms with Gasteiger partial charge in [0.15, 0.2) is 11.5 Å². The molecule has 0 aliphatic heterocycles. The first-order chi connectivity index (χ1) is 12.4. The fourth-order valence-electron chi connectivity index (χ4n) is 3.09. The predicted octanol–water partition coefficient (Wildman–Crippen LogP) is 3.54. The molecule has 0 unspecified atom stereocenters. The topological polar surface area (TPSA) is 82.8 Å². The van der Waals surface area contributed by atoms with E-state index in [9.17, 15) is 13.2 Å². The number of nitrogens with zero attached hydrogens (tertiary/aromatic N) is 4. The second kappa shape index (κ2) is 6.10. The summed E-state index contributed by atoms with van der Waals surface area (Å²) < 4.78 is 45.9. The maximum absolute atomic E-state index is 13.1. The lowest BCUT2D eigenvalue weighted by Crippen LogP contribution is -2.08. The quantitative estimate of drug-likeness (QED) is 0.748. The van der Waals surface area contributed by atoms with Gasteiger partial charge < -0.3 is 10.3 Å². The molecule has 0 radical (unpaired) electrons. The molecule has 1 aliphatic carbocycles. The van der Waals surface area contributed by atoms with Crippen molar-refractivity contribution in [2.24, 2.45) is 5.73 Å². The van der Waals surface area contributed by atoms with E-state index in [4.69, 9.17) is 21.9 Å². The van der Waals surface area contributed by atoms with E-state index in [1.54, 1.807) is 0 Å². The lowest BCUT2D eigenvalue weighted by Gasteiger charge is -2.12. The van der Waals surface area contributed by atoms with E-state index in [1.807, 2.05) is 0 Å². The average Bonchev–Trinajstić information content (AvgIpc) is 3.30. The summed E-state index contributed by atoms with van der Waals surface area (Å²) in [4.78, 5) is 4.17. The molecule has 1 aromatic carbocycles. The van der Waals surface area contributed by atoms with Gasteiger partial charge in [-0.05, 0) is 37.5 Å². The van der Waals surface area contributed by atoms with Crippen molar-refractivity contribution in [1.82, 2.24) is 19.9 Å². The smallest absolute Gasteiger partial charge is 0.332 e. The van der Waals surface area contributed by atoms with Gasteiger partial charge in [0.25, 0.3) is 5.89 Å². The van der Waals surface area contributed by atoms with Gasteiger partial charge in [-0.2, -0.15) is 23.3 Å². The van der Waals surface area contributed by atoms with Crippen LogP contribution in [0, 0.1) is 0 Å². The highest BCUT2D eigenvalue weighted by atomic mass is 35.5. The Hall–Kier alpha value is -2.39. The zero-order chi connectivity index (χ0) is 18.5. The number of halogens is 4.